The van der Waals surface area contributed by atoms with Gasteiger partial charge in [0.05, 0.1) is 0 Å². The van der Waals surface area contributed by atoms with E-state index < -0.39 is 0 Å². The van der Waals surface area contributed by atoms with E-state index in [0.29, 0.717) is 6.04 Å². The number of rotatable bonds is 0. The molecule has 3 nitrogen and oxygen atoms in total. The number of fused-ring (bicyclic) bond motifs is 1. The summed E-state index contributed by atoms with van der Waals surface area (Å²) in [6.07, 6.45) is 2.42. The molecular formula is C6H11N3. The highest BCUT2D eigenvalue weighted by Crippen LogP contribution is 2.19. The highest BCUT2D eigenvalue weighted by molar-refractivity contribution is 5.85. The van der Waals surface area contributed by atoms with Crippen LogP contribution in [0.25, 0.3) is 0 Å². The molecular weight excluding hydrogens is 114 g/mol. The molecule has 1 N–H and O–H groups in total. The van der Waals surface area contributed by atoms with Crippen molar-refractivity contribution in [3.8, 4) is 0 Å². The molecule has 1 saturated heterocycles. The molecule has 0 spiro atoms. The minimum absolute atomic E-state index is 0.659. The van der Waals surface area contributed by atoms with Crippen molar-refractivity contribution in [3.63, 3.8) is 0 Å². The highest BCUT2D eigenvalue weighted by atomic mass is 15.6. The second kappa shape index (κ2) is 1.70. The first-order valence-corrected chi connectivity index (χ1v) is 3.44. The van der Waals surface area contributed by atoms with E-state index >= 15 is 0 Å². The van der Waals surface area contributed by atoms with Gasteiger partial charge >= 0.3 is 0 Å². The van der Waals surface area contributed by atoms with Gasteiger partial charge in [0.25, 0.3) is 0 Å². The molecule has 2 aliphatic rings. The number of aliphatic imine (C=N–C) groups is 1. The maximum absolute atomic E-state index is 4.28. The van der Waals surface area contributed by atoms with E-state index in [1.165, 1.54) is 12.3 Å². The van der Waals surface area contributed by atoms with Gasteiger partial charge in [-0.2, -0.15) is 0 Å². The fourth-order valence-electron chi connectivity index (χ4n) is 1.45. The summed E-state index contributed by atoms with van der Waals surface area (Å²) in [7, 11) is 0. The third-order valence-electron chi connectivity index (χ3n) is 2.01. The molecule has 2 rings (SSSR count). The Morgan fingerprint density at radius 3 is 3.44 bits per heavy atom. The number of hydrazine groups is 1. The van der Waals surface area contributed by atoms with Crippen LogP contribution in [0.1, 0.15) is 19.8 Å². The number of nitrogens with one attached hydrogen (secondary N) is 1. The van der Waals surface area contributed by atoms with Gasteiger partial charge in [-0.15, -0.1) is 0 Å². The van der Waals surface area contributed by atoms with E-state index in [2.05, 4.69) is 22.4 Å². The monoisotopic (exact) mass is 125 g/mol. The lowest BCUT2D eigenvalue weighted by Crippen LogP contribution is -2.37. The van der Waals surface area contributed by atoms with Gasteiger partial charge in [0.1, 0.15) is 12.5 Å². The van der Waals surface area contributed by atoms with Gasteiger partial charge < -0.3 is 0 Å². The Balaban J connectivity index is 2.20. The quantitative estimate of drug-likeness (QED) is 0.505. The Labute approximate surface area is 54.7 Å². The van der Waals surface area contributed by atoms with Crippen LogP contribution in [0.15, 0.2) is 4.99 Å². The number of amidine groups is 1. The Bertz CT molecular complexity index is 152. The fourth-order valence-corrected chi connectivity index (χ4v) is 1.45. The molecule has 1 fully saturated rings. The van der Waals surface area contributed by atoms with Crippen LogP contribution in [-0.4, -0.2) is 23.6 Å². The summed E-state index contributed by atoms with van der Waals surface area (Å²) in [5.41, 5.74) is 3.20. The van der Waals surface area contributed by atoms with Crippen LogP contribution < -0.4 is 5.43 Å². The molecule has 0 radical (unpaired) electrons. The summed E-state index contributed by atoms with van der Waals surface area (Å²) in [6.45, 7) is 3.01. The molecule has 1 atom stereocenters. The Kier molecular flexibility index (Phi) is 0.990. The molecule has 3 heteroatoms. The van der Waals surface area contributed by atoms with Crippen molar-refractivity contribution in [3.05, 3.63) is 0 Å². The lowest BCUT2D eigenvalue weighted by atomic mass is 10.2. The Hall–Kier alpha value is -0.570. The molecule has 2 heterocycles. The summed E-state index contributed by atoms with van der Waals surface area (Å²) < 4.78 is 0. The third kappa shape index (κ3) is 0.645. The van der Waals surface area contributed by atoms with Crippen LogP contribution in [0.4, 0.5) is 0 Å². The van der Waals surface area contributed by atoms with Crippen LogP contribution in [-0.2, 0) is 0 Å². The zero-order valence-electron chi connectivity index (χ0n) is 5.59. The average Bonchev–Trinajstić information content (AvgIpc) is 2.35. The topological polar surface area (TPSA) is 27.6 Å². The third-order valence-corrected chi connectivity index (χ3v) is 2.01. The van der Waals surface area contributed by atoms with Crippen molar-refractivity contribution in [2.75, 3.05) is 6.67 Å². The van der Waals surface area contributed by atoms with Gasteiger partial charge in [0.15, 0.2) is 0 Å². The van der Waals surface area contributed by atoms with Crippen molar-refractivity contribution < 1.29 is 0 Å². The van der Waals surface area contributed by atoms with Gasteiger partial charge in [0, 0.05) is 12.5 Å². The molecule has 0 aromatic carbocycles. The predicted octanol–water partition coefficient (Wildman–Crippen LogP) is 0.345. The zero-order chi connectivity index (χ0) is 6.27. The minimum atomic E-state index is 0.659. The molecule has 0 aromatic heterocycles. The Morgan fingerprint density at radius 2 is 2.67 bits per heavy atom. The second-order valence-corrected chi connectivity index (χ2v) is 2.65. The largest absolute Gasteiger partial charge is 0.291 e. The Morgan fingerprint density at radius 1 is 1.78 bits per heavy atom. The smallest absolute Gasteiger partial charge is 0.115 e. The van der Waals surface area contributed by atoms with E-state index in [4.69, 9.17) is 0 Å². The van der Waals surface area contributed by atoms with E-state index in [9.17, 15) is 0 Å². The molecule has 50 valence electrons. The van der Waals surface area contributed by atoms with Crippen LogP contribution in [0, 0.1) is 0 Å². The minimum Gasteiger partial charge on any atom is -0.291 e. The lowest BCUT2D eigenvalue weighted by molar-refractivity contribution is 0.288. The van der Waals surface area contributed by atoms with Crippen molar-refractivity contribution in [1.29, 1.82) is 0 Å². The first-order valence-electron chi connectivity index (χ1n) is 3.44. The number of nitrogens with zero attached hydrogens (tertiary/aromatic N) is 2. The van der Waals surface area contributed by atoms with Gasteiger partial charge in [-0.25, -0.2) is 5.43 Å². The molecule has 0 aliphatic carbocycles. The van der Waals surface area contributed by atoms with Gasteiger partial charge in [-0.05, 0) is 13.3 Å². The normalized spacial score (nSPS) is 32.8. The predicted molar refractivity (Wildman–Crippen MR) is 36.0 cm³/mol. The molecule has 0 saturated carbocycles. The van der Waals surface area contributed by atoms with Crippen molar-refractivity contribution in [1.82, 2.24) is 10.4 Å². The molecule has 2 aliphatic heterocycles. The van der Waals surface area contributed by atoms with Crippen molar-refractivity contribution in [2.45, 2.75) is 25.8 Å². The van der Waals surface area contributed by atoms with E-state index in [1.54, 1.807) is 0 Å². The summed E-state index contributed by atoms with van der Waals surface area (Å²) in [5, 5.41) is 2.18. The van der Waals surface area contributed by atoms with Crippen LogP contribution in [0.5, 0.6) is 0 Å². The summed E-state index contributed by atoms with van der Waals surface area (Å²) in [6, 6.07) is 0.659. The van der Waals surface area contributed by atoms with E-state index in [-0.39, 0.29) is 0 Å². The fraction of sp³-hybridized carbons (Fsp3) is 0.833. The molecule has 9 heavy (non-hydrogen) atoms. The zero-order valence-corrected chi connectivity index (χ0v) is 5.59. The standard InChI is InChI=1S/C6H11N3/c1-5-2-3-6-7-4-8-9(5)6/h5,8H,2-4H2,1H3/t5-/m1/s1. The first-order chi connectivity index (χ1) is 4.38. The van der Waals surface area contributed by atoms with Gasteiger partial charge in [0.2, 0.25) is 0 Å². The van der Waals surface area contributed by atoms with Crippen LogP contribution >= 0.6 is 0 Å². The van der Waals surface area contributed by atoms with Crippen molar-refractivity contribution >= 4 is 5.84 Å². The SMILES string of the molecule is C[C@@H]1CCC2=NCNN21. The summed E-state index contributed by atoms with van der Waals surface area (Å²) in [4.78, 5) is 4.28. The molecule has 0 aromatic rings. The summed E-state index contributed by atoms with van der Waals surface area (Å²) >= 11 is 0. The first kappa shape index (κ1) is 5.23. The maximum Gasteiger partial charge on any atom is 0.115 e. The lowest BCUT2D eigenvalue weighted by Gasteiger charge is -2.17. The summed E-state index contributed by atoms with van der Waals surface area (Å²) in [5.74, 6) is 1.25. The highest BCUT2D eigenvalue weighted by Gasteiger charge is 2.27. The molecule has 0 bridgehead atoms. The molecule has 0 amide bonds. The van der Waals surface area contributed by atoms with Gasteiger partial charge in [-0.1, -0.05) is 0 Å². The van der Waals surface area contributed by atoms with Crippen LogP contribution in [0.3, 0.4) is 0 Å². The van der Waals surface area contributed by atoms with Gasteiger partial charge in [-0.3, -0.25) is 10.0 Å². The molecule has 0 unspecified atom stereocenters. The van der Waals surface area contributed by atoms with E-state index in [0.717, 1.165) is 13.1 Å². The van der Waals surface area contributed by atoms with E-state index in [1.807, 2.05) is 0 Å². The van der Waals surface area contributed by atoms with Crippen LogP contribution in [0.2, 0.25) is 0 Å². The average molecular weight is 125 g/mol. The maximum atomic E-state index is 4.28. The number of hydrogen-bond acceptors (Lipinski definition) is 3. The second-order valence-electron chi connectivity index (χ2n) is 2.65. The number of hydrogen-bond donors (Lipinski definition) is 1. The van der Waals surface area contributed by atoms with Crippen molar-refractivity contribution in [2.24, 2.45) is 4.99 Å².